The second-order valence-electron chi connectivity index (χ2n) is 6.19. The van der Waals surface area contributed by atoms with Crippen molar-refractivity contribution in [2.24, 2.45) is 5.41 Å². The third-order valence-corrected chi connectivity index (χ3v) is 3.65. The summed E-state index contributed by atoms with van der Waals surface area (Å²) in [5, 5.41) is 3.36. The van der Waals surface area contributed by atoms with Crippen LogP contribution in [-0.4, -0.2) is 33.5 Å². The highest BCUT2D eigenvalue weighted by Gasteiger charge is 2.33. The van der Waals surface area contributed by atoms with Gasteiger partial charge < -0.3 is 19.5 Å². The highest BCUT2D eigenvalue weighted by molar-refractivity contribution is 5.45. The molecule has 112 valence electrons. The van der Waals surface area contributed by atoms with E-state index >= 15 is 0 Å². The van der Waals surface area contributed by atoms with Crippen molar-refractivity contribution in [3.8, 4) is 11.5 Å². The Balaban J connectivity index is 2.31. The largest absolute Gasteiger partial charge is 0.486 e. The van der Waals surface area contributed by atoms with E-state index in [0.29, 0.717) is 13.2 Å². The van der Waals surface area contributed by atoms with Crippen LogP contribution in [0, 0.1) is 5.41 Å². The summed E-state index contributed by atoms with van der Waals surface area (Å²) in [6, 6.07) is 6.21. The van der Waals surface area contributed by atoms with E-state index in [2.05, 4.69) is 32.2 Å². The predicted molar refractivity (Wildman–Crippen MR) is 79.5 cm³/mol. The van der Waals surface area contributed by atoms with Gasteiger partial charge in [-0.05, 0) is 30.2 Å². The third-order valence-electron chi connectivity index (χ3n) is 3.65. The highest BCUT2D eigenvalue weighted by atomic mass is 16.6. The first kappa shape index (κ1) is 15.1. The Morgan fingerprint density at radius 2 is 1.80 bits per heavy atom. The zero-order chi connectivity index (χ0) is 14.8. The quantitative estimate of drug-likeness (QED) is 0.920. The van der Waals surface area contributed by atoms with Gasteiger partial charge in [0, 0.05) is 7.11 Å². The minimum atomic E-state index is 0.0374. The summed E-state index contributed by atoms with van der Waals surface area (Å²) in [5.74, 6) is 1.64. The Bertz CT molecular complexity index is 454. The van der Waals surface area contributed by atoms with Gasteiger partial charge in [-0.2, -0.15) is 0 Å². The molecule has 0 aromatic heterocycles. The van der Waals surface area contributed by atoms with Crippen LogP contribution in [0.25, 0.3) is 0 Å². The van der Waals surface area contributed by atoms with Crippen molar-refractivity contribution in [3.05, 3.63) is 23.8 Å². The SMILES string of the molecule is CNC(c1ccc2c(c1)OCCO2)C(OC)C(C)(C)C. The lowest BCUT2D eigenvalue weighted by atomic mass is 9.82. The van der Waals surface area contributed by atoms with E-state index in [4.69, 9.17) is 14.2 Å². The van der Waals surface area contributed by atoms with E-state index in [-0.39, 0.29) is 17.6 Å². The van der Waals surface area contributed by atoms with Gasteiger partial charge in [0.25, 0.3) is 0 Å². The minimum Gasteiger partial charge on any atom is -0.486 e. The fraction of sp³-hybridized carbons (Fsp3) is 0.625. The molecule has 1 heterocycles. The number of hydrogen-bond acceptors (Lipinski definition) is 4. The molecule has 1 aliphatic heterocycles. The summed E-state index contributed by atoms with van der Waals surface area (Å²) >= 11 is 0. The molecule has 0 fully saturated rings. The molecule has 4 heteroatoms. The lowest BCUT2D eigenvalue weighted by molar-refractivity contribution is -0.0102. The second kappa shape index (κ2) is 6.02. The minimum absolute atomic E-state index is 0.0374. The summed E-state index contributed by atoms with van der Waals surface area (Å²) in [5.41, 5.74) is 1.19. The molecule has 0 amide bonds. The van der Waals surface area contributed by atoms with Crippen molar-refractivity contribution in [3.63, 3.8) is 0 Å². The average Bonchev–Trinajstić information content (AvgIpc) is 2.42. The van der Waals surface area contributed by atoms with Gasteiger partial charge in [0.15, 0.2) is 11.5 Å². The zero-order valence-corrected chi connectivity index (χ0v) is 13.0. The van der Waals surface area contributed by atoms with Gasteiger partial charge in [-0.25, -0.2) is 0 Å². The average molecular weight is 279 g/mol. The number of ether oxygens (including phenoxy) is 3. The van der Waals surface area contributed by atoms with Gasteiger partial charge in [-0.3, -0.25) is 0 Å². The maximum Gasteiger partial charge on any atom is 0.161 e. The van der Waals surface area contributed by atoms with Crippen molar-refractivity contribution in [2.45, 2.75) is 32.9 Å². The van der Waals surface area contributed by atoms with Gasteiger partial charge in [0.1, 0.15) is 13.2 Å². The van der Waals surface area contributed by atoms with Gasteiger partial charge in [0.05, 0.1) is 12.1 Å². The van der Waals surface area contributed by atoms with Gasteiger partial charge in [-0.1, -0.05) is 26.8 Å². The molecule has 20 heavy (non-hydrogen) atoms. The molecule has 0 bridgehead atoms. The molecule has 2 atom stereocenters. The Kier molecular flexibility index (Phi) is 4.55. The summed E-state index contributed by atoms with van der Waals surface area (Å²) in [6.07, 6.45) is 0.0649. The van der Waals surface area contributed by atoms with Crippen molar-refractivity contribution < 1.29 is 14.2 Å². The summed E-state index contributed by atoms with van der Waals surface area (Å²) in [4.78, 5) is 0. The molecular formula is C16H25NO3. The van der Waals surface area contributed by atoms with E-state index in [1.54, 1.807) is 7.11 Å². The number of methoxy groups -OCH3 is 1. The molecule has 0 saturated carbocycles. The number of likely N-dealkylation sites (N-methyl/N-ethyl adjacent to an activating group) is 1. The molecule has 2 unspecified atom stereocenters. The molecule has 1 aromatic rings. The normalized spacial score (nSPS) is 17.6. The summed E-state index contributed by atoms with van der Waals surface area (Å²) in [7, 11) is 3.72. The van der Waals surface area contributed by atoms with Crippen LogP contribution in [0.1, 0.15) is 32.4 Å². The van der Waals surface area contributed by atoms with Crippen LogP contribution < -0.4 is 14.8 Å². The third kappa shape index (κ3) is 3.07. The van der Waals surface area contributed by atoms with Crippen molar-refractivity contribution >= 4 is 0 Å². The topological polar surface area (TPSA) is 39.7 Å². The van der Waals surface area contributed by atoms with Crippen molar-refractivity contribution in [1.82, 2.24) is 5.32 Å². The maximum atomic E-state index is 5.73. The first-order valence-electron chi connectivity index (χ1n) is 7.07. The Morgan fingerprint density at radius 1 is 1.15 bits per heavy atom. The Morgan fingerprint density at radius 3 is 2.35 bits per heavy atom. The standard InChI is InChI=1S/C16H25NO3/c1-16(2,3)15(18-5)14(17-4)11-6-7-12-13(10-11)20-9-8-19-12/h6-7,10,14-15,17H,8-9H2,1-5H3. The Hall–Kier alpha value is -1.26. The number of nitrogens with one attached hydrogen (secondary N) is 1. The number of benzene rings is 1. The maximum absolute atomic E-state index is 5.73. The van der Waals surface area contributed by atoms with E-state index in [0.717, 1.165) is 17.1 Å². The predicted octanol–water partition coefficient (Wildman–Crippen LogP) is 2.78. The molecular weight excluding hydrogens is 254 g/mol. The van der Waals surface area contributed by atoms with Crippen LogP contribution in [0.4, 0.5) is 0 Å². The number of hydrogen-bond donors (Lipinski definition) is 1. The molecule has 0 spiro atoms. The van der Waals surface area contributed by atoms with E-state index in [9.17, 15) is 0 Å². The van der Waals surface area contributed by atoms with Gasteiger partial charge in [-0.15, -0.1) is 0 Å². The van der Waals surface area contributed by atoms with E-state index in [1.165, 1.54) is 0 Å². The number of rotatable bonds is 4. The summed E-state index contributed by atoms with van der Waals surface area (Å²) < 4.78 is 17.0. The van der Waals surface area contributed by atoms with Crippen LogP contribution >= 0.6 is 0 Å². The first-order chi connectivity index (χ1) is 9.47. The van der Waals surface area contributed by atoms with Gasteiger partial charge >= 0.3 is 0 Å². The van der Waals surface area contributed by atoms with Crippen LogP contribution in [0.2, 0.25) is 0 Å². The molecule has 2 rings (SSSR count). The second-order valence-corrected chi connectivity index (χ2v) is 6.19. The Labute approximate surface area is 121 Å². The fourth-order valence-electron chi connectivity index (χ4n) is 2.74. The van der Waals surface area contributed by atoms with E-state index < -0.39 is 0 Å². The molecule has 1 N–H and O–H groups in total. The monoisotopic (exact) mass is 279 g/mol. The van der Waals surface area contributed by atoms with E-state index in [1.807, 2.05) is 19.2 Å². The molecule has 1 aromatic carbocycles. The van der Waals surface area contributed by atoms with Crippen LogP contribution in [0.3, 0.4) is 0 Å². The highest BCUT2D eigenvalue weighted by Crippen LogP contribution is 2.37. The van der Waals surface area contributed by atoms with Crippen LogP contribution in [-0.2, 0) is 4.74 Å². The van der Waals surface area contributed by atoms with Crippen molar-refractivity contribution in [1.29, 1.82) is 0 Å². The molecule has 0 aliphatic carbocycles. The summed E-state index contributed by atoms with van der Waals surface area (Å²) in [6.45, 7) is 7.77. The lowest BCUT2D eigenvalue weighted by Gasteiger charge is -2.36. The molecule has 0 saturated heterocycles. The van der Waals surface area contributed by atoms with Crippen LogP contribution in [0.15, 0.2) is 18.2 Å². The first-order valence-corrected chi connectivity index (χ1v) is 7.07. The number of fused-ring (bicyclic) bond motifs is 1. The van der Waals surface area contributed by atoms with Crippen molar-refractivity contribution in [2.75, 3.05) is 27.4 Å². The smallest absolute Gasteiger partial charge is 0.161 e. The van der Waals surface area contributed by atoms with Crippen LogP contribution in [0.5, 0.6) is 11.5 Å². The zero-order valence-electron chi connectivity index (χ0n) is 13.0. The lowest BCUT2D eigenvalue weighted by Crippen LogP contribution is -2.40. The molecule has 4 nitrogen and oxygen atoms in total. The molecule has 0 radical (unpaired) electrons. The molecule has 1 aliphatic rings. The fourth-order valence-corrected chi connectivity index (χ4v) is 2.74. The van der Waals surface area contributed by atoms with Gasteiger partial charge in [0.2, 0.25) is 0 Å².